The molecule has 2 heterocycles. The van der Waals surface area contributed by atoms with Gasteiger partial charge >= 0.3 is 0 Å². The molecule has 21 heavy (non-hydrogen) atoms. The summed E-state index contributed by atoms with van der Waals surface area (Å²) < 4.78 is 0. The average molecular weight is 308 g/mol. The van der Waals surface area contributed by atoms with E-state index < -0.39 is 0 Å². The maximum absolute atomic E-state index is 4.79. The summed E-state index contributed by atoms with van der Waals surface area (Å²) in [6, 6.07) is 0.653. The number of hydrogen-bond acceptors (Lipinski definition) is 4. The minimum atomic E-state index is 0.400. The second-order valence-electron chi connectivity index (χ2n) is 6.90. The fraction of sp³-hybridized carbons (Fsp3) is 0.824. The van der Waals surface area contributed by atoms with Crippen molar-refractivity contribution < 1.29 is 0 Å². The number of thiazole rings is 1. The molecule has 118 valence electrons. The maximum Gasteiger partial charge on any atom is 0.107 e. The number of nitrogens with one attached hydrogen (secondary N) is 1. The molecule has 1 saturated carbocycles. The van der Waals surface area contributed by atoms with Gasteiger partial charge in [-0.25, -0.2) is 4.98 Å². The zero-order valence-corrected chi connectivity index (χ0v) is 14.6. The van der Waals surface area contributed by atoms with Gasteiger partial charge in [0.05, 0.1) is 12.2 Å². The number of aryl methyl sites for hydroxylation is 2. The number of aromatic nitrogens is 1. The van der Waals surface area contributed by atoms with Gasteiger partial charge in [-0.15, -0.1) is 11.3 Å². The number of nitrogens with zero attached hydrogens (tertiary/aromatic N) is 2. The topological polar surface area (TPSA) is 28.2 Å². The smallest absolute Gasteiger partial charge is 0.107 e. The minimum Gasteiger partial charge on any atom is -0.311 e. The SMILES string of the molecule is CCC1CN(Cc2nc(C)c(C)s2)C2(CCCCC2)CN1. The Kier molecular flexibility index (Phi) is 4.67. The summed E-state index contributed by atoms with van der Waals surface area (Å²) in [6.07, 6.45) is 8.15. The number of rotatable bonds is 3. The highest BCUT2D eigenvalue weighted by atomic mass is 32.1. The molecule has 1 atom stereocenters. The van der Waals surface area contributed by atoms with E-state index >= 15 is 0 Å². The van der Waals surface area contributed by atoms with Crippen LogP contribution in [0.25, 0.3) is 0 Å². The van der Waals surface area contributed by atoms with Crippen molar-refractivity contribution >= 4 is 11.3 Å². The molecule has 1 spiro atoms. The highest BCUT2D eigenvalue weighted by Crippen LogP contribution is 2.37. The summed E-state index contributed by atoms with van der Waals surface area (Å²) in [6.45, 7) is 10.0. The van der Waals surface area contributed by atoms with E-state index in [2.05, 4.69) is 31.0 Å². The molecule has 1 aliphatic heterocycles. The fourth-order valence-electron chi connectivity index (χ4n) is 3.95. The molecule has 0 bridgehead atoms. The van der Waals surface area contributed by atoms with Crippen LogP contribution in [0, 0.1) is 13.8 Å². The molecule has 4 heteroatoms. The quantitative estimate of drug-likeness (QED) is 0.924. The van der Waals surface area contributed by atoms with E-state index in [0.29, 0.717) is 11.6 Å². The summed E-state index contributed by atoms with van der Waals surface area (Å²) >= 11 is 1.89. The molecule has 0 radical (unpaired) electrons. The summed E-state index contributed by atoms with van der Waals surface area (Å²) in [5.74, 6) is 0. The monoisotopic (exact) mass is 307 g/mol. The molecule has 2 fully saturated rings. The summed E-state index contributed by atoms with van der Waals surface area (Å²) in [4.78, 5) is 8.94. The predicted octanol–water partition coefficient (Wildman–Crippen LogP) is 3.65. The van der Waals surface area contributed by atoms with E-state index in [9.17, 15) is 0 Å². The van der Waals surface area contributed by atoms with Gasteiger partial charge in [0.25, 0.3) is 0 Å². The Balaban J connectivity index is 1.79. The predicted molar refractivity (Wildman–Crippen MR) is 89.9 cm³/mol. The Morgan fingerprint density at radius 2 is 2.05 bits per heavy atom. The van der Waals surface area contributed by atoms with Crippen molar-refractivity contribution in [2.24, 2.45) is 0 Å². The highest BCUT2D eigenvalue weighted by Gasteiger charge is 2.42. The third-order valence-electron chi connectivity index (χ3n) is 5.51. The number of piperazine rings is 1. The van der Waals surface area contributed by atoms with Crippen LogP contribution in [-0.2, 0) is 6.54 Å². The average Bonchev–Trinajstić information content (AvgIpc) is 2.81. The third kappa shape index (κ3) is 3.17. The lowest BCUT2D eigenvalue weighted by Crippen LogP contribution is -2.64. The molecule has 1 aromatic rings. The Morgan fingerprint density at radius 3 is 2.67 bits per heavy atom. The van der Waals surface area contributed by atoms with Crippen LogP contribution in [-0.4, -0.2) is 34.6 Å². The maximum atomic E-state index is 4.79. The van der Waals surface area contributed by atoms with Crippen LogP contribution >= 0.6 is 11.3 Å². The van der Waals surface area contributed by atoms with Crippen molar-refractivity contribution in [1.29, 1.82) is 0 Å². The third-order valence-corrected chi connectivity index (χ3v) is 6.57. The molecule has 1 aliphatic carbocycles. The largest absolute Gasteiger partial charge is 0.311 e. The van der Waals surface area contributed by atoms with Gasteiger partial charge in [0.2, 0.25) is 0 Å². The van der Waals surface area contributed by atoms with Crippen LogP contribution in [0.15, 0.2) is 0 Å². The molecule has 1 N–H and O–H groups in total. The van der Waals surface area contributed by atoms with Crippen LogP contribution < -0.4 is 5.32 Å². The molecule has 2 aliphatic rings. The van der Waals surface area contributed by atoms with Gasteiger partial charge in [-0.2, -0.15) is 0 Å². The van der Waals surface area contributed by atoms with Gasteiger partial charge < -0.3 is 5.32 Å². The van der Waals surface area contributed by atoms with Crippen molar-refractivity contribution in [2.45, 2.75) is 77.4 Å². The van der Waals surface area contributed by atoms with Gasteiger partial charge in [0.15, 0.2) is 0 Å². The van der Waals surface area contributed by atoms with Crippen molar-refractivity contribution in [3.8, 4) is 0 Å². The van der Waals surface area contributed by atoms with E-state index in [1.807, 2.05) is 11.3 Å². The summed E-state index contributed by atoms with van der Waals surface area (Å²) in [7, 11) is 0. The lowest BCUT2D eigenvalue weighted by atomic mass is 9.78. The molecule has 0 amide bonds. The van der Waals surface area contributed by atoms with Gasteiger partial charge in [-0.3, -0.25) is 4.90 Å². The van der Waals surface area contributed by atoms with Crippen LogP contribution in [0.4, 0.5) is 0 Å². The first-order valence-electron chi connectivity index (χ1n) is 8.54. The molecule has 1 saturated heterocycles. The second-order valence-corrected chi connectivity index (χ2v) is 8.19. The Bertz CT molecular complexity index is 457. The van der Waals surface area contributed by atoms with E-state index in [1.165, 1.54) is 67.2 Å². The van der Waals surface area contributed by atoms with E-state index in [-0.39, 0.29) is 0 Å². The van der Waals surface area contributed by atoms with E-state index in [0.717, 1.165) is 6.54 Å². The molecule has 3 rings (SSSR count). The molecule has 0 aromatic carbocycles. The zero-order chi connectivity index (χ0) is 14.9. The van der Waals surface area contributed by atoms with Crippen molar-refractivity contribution in [1.82, 2.24) is 15.2 Å². The highest BCUT2D eigenvalue weighted by molar-refractivity contribution is 7.11. The van der Waals surface area contributed by atoms with E-state index in [4.69, 9.17) is 4.98 Å². The van der Waals surface area contributed by atoms with Crippen LogP contribution in [0.2, 0.25) is 0 Å². The molecule has 1 aromatic heterocycles. The standard InChI is InChI=1S/C17H29N3S/c1-4-15-10-20(11-16-19-13(2)14(3)21-16)17(12-18-15)8-6-5-7-9-17/h15,18H,4-12H2,1-3H3. The van der Waals surface area contributed by atoms with Crippen molar-refractivity contribution in [2.75, 3.05) is 13.1 Å². The van der Waals surface area contributed by atoms with Gasteiger partial charge in [0.1, 0.15) is 5.01 Å². The summed E-state index contributed by atoms with van der Waals surface area (Å²) in [5, 5.41) is 5.11. The number of hydrogen-bond donors (Lipinski definition) is 1. The first-order chi connectivity index (χ1) is 10.1. The fourth-order valence-corrected chi connectivity index (χ4v) is 4.90. The van der Waals surface area contributed by atoms with Crippen LogP contribution in [0.3, 0.4) is 0 Å². The van der Waals surface area contributed by atoms with Crippen molar-refractivity contribution in [3.63, 3.8) is 0 Å². The lowest BCUT2D eigenvalue weighted by Gasteiger charge is -2.52. The van der Waals surface area contributed by atoms with Gasteiger partial charge in [0, 0.05) is 29.5 Å². The Labute approximate surface area is 133 Å². The Hall–Kier alpha value is -0.450. The van der Waals surface area contributed by atoms with Gasteiger partial charge in [-0.05, 0) is 33.1 Å². The Morgan fingerprint density at radius 1 is 1.29 bits per heavy atom. The molecular formula is C17H29N3S. The van der Waals surface area contributed by atoms with Crippen LogP contribution in [0.5, 0.6) is 0 Å². The van der Waals surface area contributed by atoms with Crippen molar-refractivity contribution in [3.05, 3.63) is 15.6 Å². The lowest BCUT2D eigenvalue weighted by molar-refractivity contribution is 0.00268. The van der Waals surface area contributed by atoms with E-state index in [1.54, 1.807) is 0 Å². The molecule has 3 nitrogen and oxygen atoms in total. The molecular weight excluding hydrogens is 278 g/mol. The normalized spacial score (nSPS) is 26.3. The molecule has 1 unspecified atom stereocenters. The zero-order valence-electron chi connectivity index (χ0n) is 13.7. The van der Waals surface area contributed by atoms with Crippen LogP contribution in [0.1, 0.15) is 61.0 Å². The minimum absolute atomic E-state index is 0.400. The second kappa shape index (κ2) is 6.35. The first-order valence-corrected chi connectivity index (χ1v) is 9.36. The first kappa shape index (κ1) is 15.4. The van der Waals surface area contributed by atoms with Gasteiger partial charge in [-0.1, -0.05) is 26.2 Å². The summed E-state index contributed by atoms with van der Waals surface area (Å²) in [5.41, 5.74) is 1.62.